The van der Waals surface area contributed by atoms with Crippen LogP contribution in [0.4, 0.5) is 0 Å². The minimum Gasteiger partial charge on any atom is -0.369 e. The first kappa shape index (κ1) is 13.5. The summed E-state index contributed by atoms with van der Waals surface area (Å²) in [6.45, 7) is 7.71. The number of methoxy groups -OCH3 is 1. The molecule has 0 unspecified atom stereocenters. The third kappa shape index (κ3) is 3.21. The Morgan fingerprint density at radius 1 is 1.38 bits per heavy atom. The van der Waals surface area contributed by atoms with Crippen molar-refractivity contribution in [1.29, 1.82) is 0 Å². The number of carbonyl (C=O) groups is 1. The van der Waals surface area contributed by atoms with Gasteiger partial charge >= 0.3 is 0 Å². The van der Waals surface area contributed by atoms with Crippen LogP contribution in [-0.4, -0.2) is 36.6 Å². The molecular formula is C13H25NO2. The molecule has 1 aliphatic rings. The van der Waals surface area contributed by atoms with Crippen LogP contribution in [0.3, 0.4) is 0 Å². The Kier molecular flexibility index (Phi) is 4.78. The fourth-order valence-electron chi connectivity index (χ4n) is 2.30. The van der Waals surface area contributed by atoms with Gasteiger partial charge in [-0.15, -0.1) is 0 Å². The molecule has 16 heavy (non-hydrogen) atoms. The number of amides is 1. The summed E-state index contributed by atoms with van der Waals surface area (Å²) >= 11 is 0. The molecule has 0 aromatic carbocycles. The smallest absolute Gasteiger partial charge is 0.254 e. The van der Waals surface area contributed by atoms with Crippen molar-refractivity contribution in [3.8, 4) is 0 Å². The largest absolute Gasteiger partial charge is 0.369 e. The van der Waals surface area contributed by atoms with E-state index in [4.69, 9.17) is 4.74 Å². The van der Waals surface area contributed by atoms with Crippen LogP contribution in [0.5, 0.6) is 0 Å². The van der Waals surface area contributed by atoms with E-state index in [2.05, 4.69) is 6.92 Å². The van der Waals surface area contributed by atoms with E-state index in [9.17, 15) is 4.79 Å². The molecule has 0 aromatic heterocycles. The number of ether oxygens (including phenoxy) is 1. The highest BCUT2D eigenvalue weighted by atomic mass is 16.5. The maximum Gasteiger partial charge on any atom is 0.254 e. The third-order valence-electron chi connectivity index (χ3n) is 3.62. The highest BCUT2D eigenvalue weighted by Gasteiger charge is 2.33. The molecule has 0 N–H and O–H groups in total. The summed E-state index contributed by atoms with van der Waals surface area (Å²) in [5, 5.41) is 0. The van der Waals surface area contributed by atoms with Crippen LogP contribution < -0.4 is 0 Å². The lowest BCUT2D eigenvalue weighted by Gasteiger charge is -2.36. The van der Waals surface area contributed by atoms with Crippen LogP contribution in [0.15, 0.2) is 0 Å². The summed E-state index contributed by atoms with van der Waals surface area (Å²) < 4.78 is 5.24. The van der Waals surface area contributed by atoms with Crippen molar-refractivity contribution in [2.24, 2.45) is 5.92 Å². The van der Waals surface area contributed by atoms with Gasteiger partial charge in [-0.2, -0.15) is 0 Å². The molecule has 0 spiro atoms. The molecule has 0 bridgehead atoms. The Balaban J connectivity index is 2.45. The van der Waals surface area contributed by atoms with Crippen molar-refractivity contribution in [3.05, 3.63) is 0 Å². The van der Waals surface area contributed by atoms with Crippen molar-refractivity contribution in [2.75, 3.05) is 20.2 Å². The Labute approximate surface area is 99.1 Å². The summed E-state index contributed by atoms with van der Waals surface area (Å²) in [6, 6.07) is 0. The van der Waals surface area contributed by atoms with Gasteiger partial charge in [0, 0.05) is 20.2 Å². The second-order valence-electron chi connectivity index (χ2n) is 5.24. The number of carbonyl (C=O) groups excluding carboxylic acids is 1. The molecule has 0 aromatic rings. The summed E-state index contributed by atoms with van der Waals surface area (Å²) in [6.07, 6.45) is 4.86. The summed E-state index contributed by atoms with van der Waals surface area (Å²) in [5.74, 6) is 0.949. The molecule has 94 valence electrons. The lowest BCUT2D eigenvalue weighted by Crippen LogP contribution is -2.49. The standard InChI is InChI=1S/C13H25NO2/c1-5-6-11-7-9-14(10-8-11)12(15)13(2,3)16-4/h11H,5-10H2,1-4H3. The molecule has 1 heterocycles. The van der Waals surface area contributed by atoms with Gasteiger partial charge in [-0.3, -0.25) is 4.79 Å². The first-order chi connectivity index (χ1) is 7.51. The molecule has 1 amide bonds. The molecule has 1 saturated heterocycles. The lowest BCUT2D eigenvalue weighted by atomic mass is 9.91. The average molecular weight is 227 g/mol. The second kappa shape index (κ2) is 5.67. The average Bonchev–Trinajstić information content (AvgIpc) is 2.29. The topological polar surface area (TPSA) is 29.5 Å². The van der Waals surface area contributed by atoms with Gasteiger partial charge in [-0.1, -0.05) is 19.8 Å². The predicted molar refractivity (Wildman–Crippen MR) is 65.3 cm³/mol. The normalized spacial score (nSPS) is 18.9. The maximum atomic E-state index is 12.1. The zero-order chi connectivity index (χ0) is 12.2. The van der Waals surface area contributed by atoms with E-state index in [0.717, 1.165) is 31.8 Å². The van der Waals surface area contributed by atoms with Gasteiger partial charge in [0.15, 0.2) is 0 Å². The van der Waals surface area contributed by atoms with E-state index in [0.29, 0.717) is 0 Å². The highest BCUT2D eigenvalue weighted by Crippen LogP contribution is 2.24. The molecule has 0 radical (unpaired) electrons. The van der Waals surface area contributed by atoms with Crippen LogP contribution in [0.1, 0.15) is 46.5 Å². The van der Waals surface area contributed by atoms with Crippen LogP contribution in [0.25, 0.3) is 0 Å². The first-order valence-electron chi connectivity index (χ1n) is 6.35. The van der Waals surface area contributed by atoms with Gasteiger partial charge in [0.1, 0.15) is 5.60 Å². The molecule has 1 rings (SSSR count). The Bertz CT molecular complexity index is 230. The number of rotatable bonds is 4. The summed E-state index contributed by atoms with van der Waals surface area (Å²) in [5.41, 5.74) is -0.669. The second-order valence-corrected chi connectivity index (χ2v) is 5.24. The van der Waals surface area contributed by atoms with Crippen LogP contribution in [-0.2, 0) is 9.53 Å². The zero-order valence-electron chi connectivity index (χ0n) is 11.1. The highest BCUT2D eigenvalue weighted by molar-refractivity contribution is 5.84. The Morgan fingerprint density at radius 2 is 1.94 bits per heavy atom. The molecule has 0 saturated carbocycles. The molecule has 1 fully saturated rings. The lowest BCUT2D eigenvalue weighted by molar-refractivity contribution is -0.152. The van der Waals surface area contributed by atoms with Gasteiger partial charge in [0.25, 0.3) is 5.91 Å². The van der Waals surface area contributed by atoms with Crippen molar-refractivity contribution in [1.82, 2.24) is 4.90 Å². The first-order valence-corrected chi connectivity index (χ1v) is 6.35. The Hall–Kier alpha value is -0.570. The van der Waals surface area contributed by atoms with Crippen LogP contribution >= 0.6 is 0 Å². The van der Waals surface area contributed by atoms with Crippen molar-refractivity contribution < 1.29 is 9.53 Å². The van der Waals surface area contributed by atoms with Gasteiger partial charge in [0.05, 0.1) is 0 Å². The molecule has 0 atom stereocenters. The monoisotopic (exact) mass is 227 g/mol. The van der Waals surface area contributed by atoms with E-state index >= 15 is 0 Å². The number of nitrogens with zero attached hydrogens (tertiary/aromatic N) is 1. The molecule has 1 aliphatic heterocycles. The summed E-state index contributed by atoms with van der Waals surface area (Å²) in [4.78, 5) is 14.1. The van der Waals surface area contributed by atoms with E-state index in [1.165, 1.54) is 12.8 Å². The fourth-order valence-corrected chi connectivity index (χ4v) is 2.30. The van der Waals surface area contributed by atoms with Crippen molar-refractivity contribution in [2.45, 2.75) is 52.1 Å². The molecular weight excluding hydrogens is 202 g/mol. The zero-order valence-corrected chi connectivity index (χ0v) is 11.1. The van der Waals surface area contributed by atoms with Crippen LogP contribution in [0.2, 0.25) is 0 Å². The van der Waals surface area contributed by atoms with Gasteiger partial charge in [-0.05, 0) is 32.6 Å². The van der Waals surface area contributed by atoms with E-state index in [1.54, 1.807) is 7.11 Å². The molecule has 3 heteroatoms. The maximum absolute atomic E-state index is 12.1. The SMILES string of the molecule is CCCC1CCN(C(=O)C(C)(C)OC)CC1. The summed E-state index contributed by atoms with van der Waals surface area (Å²) in [7, 11) is 1.60. The van der Waals surface area contributed by atoms with Crippen molar-refractivity contribution >= 4 is 5.91 Å². The molecule has 3 nitrogen and oxygen atoms in total. The quantitative estimate of drug-likeness (QED) is 0.738. The number of likely N-dealkylation sites (tertiary alicyclic amines) is 1. The van der Waals surface area contributed by atoms with Gasteiger partial charge < -0.3 is 9.64 Å². The molecule has 0 aliphatic carbocycles. The van der Waals surface area contributed by atoms with Gasteiger partial charge in [-0.25, -0.2) is 0 Å². The van der Waals surface area contributed by atoms with E-state index < -0.39 is 5.60 Å². The van der Waals surface area contributed by atoms with E-state index in [1.807, 2.05) is 18.7 Å². The predicted octanol–water partition coefficient (Wildman–Crippen LogP) is 2.45. The fraction of sp³-hybridized carbons (Fsp3) is 0.923. The number of hydrogen-bond donors (Lipinski definition) is 0. The number of hydrogen-bond acceptors (Lipinski definition) is 2. The van der Waals surface area contributed by atoms with Crippen LogP contribution in [0, 0.1) is 5.92 Å². The van der Waals surface area contributed by atoms with E-state index in [-0.39, 0.29) is 5.91 Å². The third-order valence-corrected chi connectivity index (χ3v) is 3.62. The minimum atomic E-state index is -0.669. The van der Waals surface area contributed by atoms with Crippen molar-refractivity contribution in [3.63, 3.8) is 0 Å². The number of piperidine rings is 1. The Morgan fingerprint density at radius 3 is 2.38 bits per heavy atom. The minimum absolute atomic E-state index is 0.130. The van der Waals surface area contributed by atoms with Gasteiger partial charge in [0.2, 0.25) is 0 Å².